The third-order valence-corrected chi connectivity index (χ3v) is 1.33. The average Bonchev–Trinajstić information content (AvgIpc) is 2.37. The monoisotopic (exact) mass is 151 g/mol. The molecular weight excluding hydrogens is 142 g/mol. The van der Waals surface area contributed by atoms with Crippen molar-refractivity contribution in [3.8, 4) is 0 Å². The highest BCUT2D eigenvalue weighted by Gasteiger charge is 2.02. The van der Waals surface area contributed by atoms with E-state index < -0.39 is 0 Å². The normalized spacial score (nSPS) is 9.73. The van der Waals surface area contributed by atoms with Crippen molar-refractivity contribution in [3.05, 3.63) is 22.2 Å². The molecule has 5 heteroatoms. The number of aromatic nitrogens is 2. The third-order valence-electron chi connectivity index (χ3n) is 1.33. The van der Waals surface area contributed by atoms with Gasteiger partial charge in [-0.3, -0.25) is 5.10 Å². The van der Waals surface area contributed by atoms with Crippen LogP contribution in [0.2, 0.25) is 0 Å². The van der Waals surface area contributed by atoms with Gasteiger partial charge in [-0.05, 0) is 22.6 Å². The summed E-state index contributed by atoms with van der Waals surface area (Å²) in [5.41, 5.74) is 8.99. The second-order valence-electron chi connectivity index (χ2n) is 2.52. The Hall–Kier alpha value is -1.48. The molecule has 0 bridgehead atoms. The molecule has 0 radical (unpaired) electrons. The summed E-state index contributed by atoms with van der Waals surface area (Å²) in [4.78, 5) is 2.63. The van der Waals surface area contributed by atoms with Crippen LogP contribution in [-0.2, 0) is 0 Å². The van der Waals surface area contributed by atoms with Gasteiger partial charge in [0.15, 0.2) is 0 Å². The fourth-order valence-corrected chi connectivity index (χ4v) is 0.722. The molecule has 0 atom stereocenters. The smallest absolute Gasteiger partial charge is 0.121 e. The predicted molar refractivity (Wildman–Crippen MR) is 41.5 cm³/mol. The van der Waals surface area contributed by atoms with Gasteiger partial charge < -0.3 is 0 Å². The number of nitrogens with one attached hydrogen (secondary N) is 1. The molecule has 0 amide bonds. The minimum absolute atomic E-state index is 0.355. The maximum absolute atomic E-state index is 8.08. The fraction of sp³-hybridized carbons (Fsp3) is 0.500. The lowest BCUT2D eigenvalue weighted by Crippen LogP contribution is -1.85. The first-order valence-electron chi connectivity index (χ1n) is 3.34. The molecule has 0 unspecified atom stereocenters. The van der Waals surface area contributed by atoms with Gasteiger partial charge in [0.1, 0.15) is 5.82 Å². The largest absolute Gasteiger partial charge is 0.276 e. The SMILES string of the molecule is CC(C)c1cc(N=[N+]=[N-])[nH]n1. The van der Waals surface area contributed by atoms with Crippen LogP contribution in [0, 0.1) is 0 Å². The quantitative estimate of drug-likeness (QED) is 0.393. The molecule has 1 N–H and O–H groups in total. The molecule has 1 rings (SSSR count). The van der Waals surface area contributed by atoms with Crippen LogP contribution in [-0.4, -0.2) is 10.2 Å². The number of hydrogen-bond acceptors (Lipinski definition) is 2. The lowest BCUT2D eigenvalue weighted by Gasteiger charge is -1.94. The van der Waals surface area contributed by atoms with Crippen molar-refractivity contribution in [1.82, 2.24) is 10.2 Å². The number of H-pyrrole nitrogens is 1. The summed E-state index contributed by atoms with van der Waals surface area (Å²) >= 11 is 0. The zero-order valence-corrected chi connectivity index (χ0v) is 6.44. The summed E-state index contributed by atoms with van der Waals surface area (Å²) in [5, 5.41) is 9.93. The van der Waals surface area contributed by atoms with E-state index >= 15 is 0 Å². The third kappa shape index (κ3) is 1.72. The highest BCUT2D eigenvalue weighted by molar-refractivity contribution is 5.28. The summed E-state index contributed by atoms with van der Waals surface area (Å²) in [6.07, 6.45) is 0. The Labute approximate surface area is 64.1 Å². The summed E-state index contributed by atoms with van der Waals surface area (Å²) in [6.45, 7) is 4.05. The summed E-state index contributed by atoms with van der Waals surface area (Å²) in [6, 6.07) is 1.74. The van der Waals surface area contributed by atoms with Gasteiger partial charge in [0, 0.05) is 4.91 Å². The van der Waals surface area contributed by atoms with Crippen molar-refractivity contribution in [3.63, 3.8) is 0 Å². The summed E-state index contributed by atoms with van der Waals surface area (Å²) in [5.74, 6) is 0.824. The van der Waals surface area contributed by atoms with Crippen LogP contribution in [0.3, 0.4) is 0 Å². The molecule has 0 aliphatic heterocycles. The second-order valence-corrected chi connectivity index (χ2v) is 2.52. The van der Waals surface area contributed by atoms with Gasteiger partial charge in [0.05, 0.1) is 5.69 Å². The van der Waals surface area contributed by atoms with E-state index in [4.69, 9.17) is 5.53 Å². The van der Waals surface area contributed by atoms with E-state index in [1.54, 1.807) is 6.07 Å². The molecule has 1 heterocycles. The van der Waals surface area contributed by atoms with Crippen LogP contribution in [0.4, 0.5) is 5.82 Å². The zero-order valence-electron chi connectivity index (χ0n) is 6.44. The van der Waals surface area contributed by atoms with E-state index in [1.165, 1.54) is 0 Å². The lowest BCUT2D eigenvalue weighted by atomic mass is 10.1. The van der Waals surface area contributed by atoms with Crippen LogP contribution >= 0.6 is 0 Å². The summed E-state index contributed by atoms with van der Waals surface area (Å²) < 4.78 is 0. The molecule has 5 nitrogen and oxygen atoms in total. The van der Waals surface area contributed by atoms with E-state index in [0.29, 0.717) is 11.7 Å². The number of nitrogens with zero attached hydrogens (tertiary/aromatic N) is 4. The standard InChI is InChI=1S/C6H9N5/c1-4(2)5-3-6(9-8-5)10-11-7/h3-4H,1-2H3,(H,8,9). The molecule has 11 heavy (non-hydrogen) atoms. The maximum atomic E-state index is 8.08. The van der Waals surface area contributed by atoms with Gasteiger partial charge in [0.2, 0.25) is 0 Å². The van der Waals surface area contributed by atoms with Crippen LogP contribution in [0.15, 0.2) is 11.2 Å². The highest BCUT2D eigenvalue weighted by atomic mass is 15.2. The molecule has 0 fully saturated rings. The lowest BCUT2D eigenvalue weighted by molar-refractivity contribution is 0.810. The first kappa shape index (κ1) is 7.63. The van der Waals surface area contributed by atoms with Gasteiger partial charge in [0.25, 0.3) is 0 Å². The Morgan fingerprint density at radius 3 is 2.91 bits per heavy atom. The minimum atomic E-state index is 0.355. The number of azide groups is 1. The van der Waals surface area contributed by atoms with Gasteiger partial charge >= 0.3 is 0 Å². The van der Waals surface area contributed by atoms with E-state index in [1.807, 2.05) is 13.8 Å². The molecule has 0 aliphatic rings. The zero-order chi connectivity index (χ0) is 8.27. The van der Waals surface area contributed by atoms with Crippen molar-refractivity contribution in [2.75, 3.05) is 0 Å². The topological polar surface area (TPSA) is 77.4 Å². The van der Waals surface area contributed by atoms with Crippen molar-refractivity contribution >= 4 is 5.82 Å². The Morgan fingerprint density at radius 1 is 1.73 bits per heavy atom. The molecule has 0 aliphatic carbocycles. The predicted octanol–water partition coefficient (Wildman–Crippen LogP) is 2.47. The maximum Gasteiger partial charge on any atom is 0.121 e. The van der Waals surface area contributed by atoms with E-state index in [9.17, 15) is 0 Å². The van der Waals surface area contributed by atoms with Crippen LogP contribution in [0.25, 0.3) is 10.4 Å². The first-order chi connectivity index (χ1) is 5.24. The molecule has 0 spiro atoms. The van der Waals surface area contributed by atoms with E-state index in [2.05, 4.69) is 20.2 Å². The molecule has 0 aromatic carbocycles. The van der Waals surface area contributed by atoms with Crippen LogP contribution in [0.1, 0.15) is 25.5 Å². The number of aromatic amines is 1. The van der Waals surface area contributed by atoms with E-state index in [0.717, 1.165) is 5.69 Å². The minimum Gasteiger partial charge on any atom is -0.276 e. The fourth-order valence-electron chi connectivity index (χ4n) is 0.722. The number of rotatable bonds is 2. The summed E-state index contributed by atoms with van der Waals surface area (Å²) in [7, 11) is 0. The van der Waals surface area contributed by atoms with Crippen molar-refractivity contribution in [2.45, 2.75) is 19.8 Å². The Kier molecular flexibility index (Phi) is 2.13. The molecule has 58 valence electrons. The number of hydrogen-bond donors (Lipinski definition) is 1. The molecule has 1 aromatic rings. The molecule has 0 saturated heterocycles. The Bertz CT molecular complexity index is 281. The van der Waals surface area contributed by atoms with Crippen molar-refractivity contribution in [1.29, 1.82) is 0 Å². The van der Waals surface area contributed by atoms with Gasteiger partial charge in [-0.1, -0.05) is 13.8 Å². The van der Waals surface area contributed by atoms with Crippen molar-refractivity contribution < 1.29 is 0 Å². The molecular formula is C6H9N5. The van der Waals surface area contributed by atoms with Crippen molar-refractivity contribution in [2.24, 2.45) is 5.11 Å². The average molecular weight is 151 g/mol. The molecule has 0 saturated carbocycles. The Morgan fingerprint density at radius 2 is 2.45 bits per heavy atom. The van der Waals surface area contributed by atoms with Gasteiger partial charge in [-0.15, -0.1) is 0 Å². The van der Waals surface area contributed by atoms with Crippen LogP contribution in [0.5, 0.6) is 0 Å². The first-order valence-corrected chi connectivity index (χ1v) is 3.34. The molecule has 1 aromatic heterocycles. The second kappa shape index (κ2) is 3.07. The Balaban J connectivity index is 2.90. The van der Waals surface area contributed by atoms with E-state index in [-0.39, 0.29) is 0 Å². The van der Waals surface area contributed by atoms with Crippen LogP contribution < -0.4 is 0 Å². The van der Waals surface area contributed by atoms with Gasteiger partial charge in [-0.25, -0.2) is 0 Å². The highest BCUT2D eigenvalue weighted by Crippen LogP contribution is 2.16. The van der Waals surface area contributed by atoms with Gasteiger partial charge in [-0.2, -0.15) is 5.10 Å².